The molecule has 112 valence electrons. The molecular weight excluding hydrogens is 364 g/mol. The van der Waals surface area contributed by atoms with Crippen LogP contribution >= 0.6 is 15.9 Å². The fourth-order valence-electron chi connectivity index (χ4n) is 1.75. The Morgan fingerprint density at radius 3 is 2.57 bits per heavy atom. The maximum atomic E-state index is 12.4. The number of halogens is 1. The van der Waals surface area contributed by atoms with Gasteiger partial charge in [0.05, 0.1) is 10.6 Å². The SMILES string of the molecule is Cc1cc(NS(=O)(=O)c2cc(Br)ccc2[N+](=O)[O-])n(C)n1. The van der Waals surface area contributed by atoms with Gasteiger partial charge in [-0.1, -0.05) is 15.9 Å². The molecule has 2 rings (SSSR count). The number of nitrogens with zero attached hydrogens (tertiary/aromatic N) is 3. The number of aryl methyl sites for hydroxylation is 2. The monoisotopic (exact) mass is 374 g/mol. The third kappa shape index (κ3) is 3.22. The maximum Gasteiger partial charge on any atom is 0.289 e. The van der Waals surface area contributed by atoms with E-state index in [0.717, 1.165) is 6.07 Å². The molecule has 0 amide bonds. The molecule has 1 heterocycles. The van der Waals surface area contributed by atoms with Gasteiger partial charge in [-0.3, -0.25) is 19.5 Å². The fourth-order valence-corrected chi connectivity index (χ4v) is 3.54. The predicted octanol–water partition coefficient (Wildman–Crippen LogP) is 2.20. The third-order valence-corrected chi connectivity index (χ3v) is 4.53. The van der Waals surface area contributed by atoms with Gasteiger partial charge in [-0.05, 0) is 19.1 Å². The molecule has 1 aromatic carbocycles. The second-order valence-corrected chi connectivity index (χ2v) is 6.84. The van der Waals surface area contributed by atoms with Crippen LogP contribution in [-0.2, 0) is 17.1 Å². The van der Waals surface area contributed by atoms with E-state index in [0.29, 0.717) is 10.2 Å². The summed E-state index contributed by atoms with van der Waals surface area (Å²) in [5, 5.41) is 15.0. The predicted molar refractivity (Wildman–Crippen MR) is 79.5 cm³/mol. The van der Waals surface area contributed by atoms with Crippen LogP contribution in [0.5, 0.6) is 0 Å². The first kappa shape index (κ1) is 15.4. The molecule has 0 atom stereocenters. The molecule has 0 saturated carbocycles. The van der Waals surface area contributed by atoms with Crippen molar-refractivity contribution in [2.24, 2.45) is 7.05 Å². The van der Waals surface area contributed by atoms with Gasteiger partial charge in [-0.2, -0.15) is 5.10 Å². The van der Waals surface area contributed by atoms with Crippen molar-refractivity contribution in [1.82, 2.24) is 9.78 Å². The van der Waals surface area contributed by atoms with Crippen molar-refractivity contribution in [3.8, 4) is 0 Å². The number of sulfonamides is 1. The largest absolute Gasteiger partial charge is 0.289 e. The van der Waals surface area contributed by atoms with Gasteiger partial charge in [-0.15, -0.1) is 0 Å². The van der Waals surface area contributed by atoms with E-state index in [9.17, 15) is 18.5 Å². The van der Waals surface area contributed by atoms with Crippen LogP contribution in [0, 0.1) is 17.0 Å². The summed E-state index contributed by atoms with van der Waals surface area (Å²) in [5.74, 6) is 0.224. The van der Waals surface area contributed by atoms with Gasteiger partial charge in [0, 0.05) is 23.7 Å². The highest BCUT2D eigenvalue weighted by Gasteiger charge is 2.27. The summed E-state index contributed by atoms with van der Waals surface area (Å²) < 4.78 is 28.8. The Hall–Kier alpha value is -1.94. The third-order valence-electron chi connectivity index (χ3n) is 2.65. The molecule has 1 N–H and O–H groups in total. The summed E-state index contributed by atoms with van der Waals surface area (Å²) >= 11 is 3.11. The summed E-state index contributed by atoms with van der Waals surface area (Å²) in [7, 11) is -2.53. The molecule has 0 fully saturated rings. The molecule has 0 aliphatic rings. The van der Waals surface area contributed by atoms with Crippen molar-refractivity contribution in [2.45, 2.75) is 11.8 Å². The lowest BCUT2D eigenvalue weighted by Gasteiger charge is -2.08. The van der Waals surface area contributed by atoms with E-state index in [-0.39, 0.29) is 5.82 Å². The van der Waals surface area contributed by atoms with Gasteiger partial charge < -0.3 is 0 Å². The van der Waals surface area contributed by atoms with Crippen molar-refractivity contribution < 1.29 is 13.3 Å². The first-order valence-electron chi connectivity index (χ1n) is 5.68. The van der Waals surface area contributed by atoms with Crippen LogP contribution in [-0.4, -0.2) is 23.1 Å². The summed E-state index contributed by atoms with van der Waals surface area (Å²) in [6.07, 6.45) is 0. The molecule has 0 radical (unpaired) electrons. The standard InChI is InChI=1S/C11H11BrN4O4S/c1-7-5-11(15(2)13-7)14-21(19,20)10-6-8(12)3-4-9(10)16(17)18/h3-6,14H,1-2H3. The first-order valence-corrected chi connectivity index (χ1v) is 7.96. The maximum absolute atomic E-state index is 12.4. The van der Waals surface area contributed by atoms with Gasteiger partial charge in [0.15, 0.2) is 4.90 Å². The van der Waals surface area contributed by atoms with E-state index in [1.165, 1.54) is 22.9 Å². The van der Waals surface area contributed by atoms with Crippen LogP contribution in [0.2, 0.25) is 0 Å². The Balaban J connectivity index is 2.51. The van der Waals surface area contributed by atoms with E-state index in [2.05, 4.69) is 25.8 Å². The molecule has 1 aromatic heterocycles. The number of rotatable bonds is 4. The number of nitrogens with one attached hydrogen (secondary N) is 1. The van der Waals surface area contributed by atoms with E-state index >= 15 is 0 Å². The number of nitro benzene ring substituents is 1. The Bertz CT molecular complexity index is 816. The van der Waals surface area contributed by atoms with E-state index in [4.69, 9.17) is 0 Å². The number of benzene rings is 1. The highest BCUT2D eigenvalue weighted by Crippen LogP contribution is 2.28. The molecule has 21 heavy (non-hydrogen) atoms. The van der Waals surface area contributed by atoms with Gasteiger partial charge >= 0.3 is 0 Å². The lowest BCUT2D eigenvalue weighted by Crippen LogP contribution is -2.16. The van der Waals surface area contributed by atoms with Gasteiger partial charge in [0.25, 0.3) is 15.7 Å². The molecule has 0 unspecified atom stereocenters. The summed E-state index contributed by atoms with van der Waals surface area (Å²) in [6, 6.07) is 5.25. The second-order valence-electron chi connectivity index (χ2n) is 4.27. The zero-order chi connectivity index (χ0) is 15.8. The van der Waals surface area contributed by atoms with Gasteiger partial charge in [0.2, 0.25) is 0 Å². The van der Waals surface area contributed by atoms with E-state index in [1.54, 1.807) is 14.0 Å². The molecule has 10 heteroatoms. The van der Waals surface area contributed by atoms with Crippen molar-refractivity contribution in [1.29, 1.82) is 0 Å². The molecule has 0 aliphatic carbocycles. The molecule has 0 spiro atoms. The first-order chi connectivity index (χ1) is 9.70. The Kier molecular flexibility index (Phi) is 4.01. The Labute approximate surface area is 129 Å². The molecule has 0 bridgehead atoms. The molecular formula is C11H11BrN4O4S. The minimum Gasteiger partial charge on any atom is -0.263 e. The Morgan fingerprint density at radius 1 is 1.38 bits per heavy atom. The normalized spacial score (nSPS) is 11.4. The summed E-state index contributed by atoms with van der Waals surface area (Å²) in [4.78, 5) is 9.83. The van der Waals surface area contributed by atoms with Gasteiger partial charge in [0.1, 0.15) is 5.82 Å². The van der Waals surface area contributed by atoms with E-state index in [1.807, 2.05) is 0 Å². The number of anilines is 1. The summed E-state index contributed by atoms with van der Waals surface area (Å²) in [6.45, 7) is 1.71. The average Bonchev–Trinajstić information content (AvgIpc) is 2.66. The van der Waals surface area contributed by atoms with Crippen LogP contribution in [0.1, 0.15) is 5.69 Å². The van der Waals surface area contributed by atoms with Crippen LogP contribution in [0.3, 0.4) is 0 Å². The molecule has 0 aliphatic heterocycles. The lowest BCUT2D eigenvalue weighted by atomic mass is 10.3. The number of hydrogen-bond donors (Lipinski definition) is 1. The zero-order valence-corrected chi connectivity index (χ0v) is 13.5. The van der Waals surface area contributed by atoms with Crippen LogP contribution in [0.25, 0.3) is 0 Å². The number of hydrogen-bond acceptors (Lipinski definition) is 5. The smallest absolute Gasteiger partial charge is 0.263 e. The van der Waals surface area contributed by atoms with E-state index < -0.39 is 25.5 Å². The minimum atomic E-state index is -4.10. The second kappa shape index (κ2) is 5.45. The van der Waals surface area contributed by atoms with Crippen molar-refractivity contribution in [3.05, 3.63) is 44.5 Å². The van der Waals surface area contributed by atoms with Crippen LogP contribution in [0.15, 0.2) is 33.6 Å². The zero-order valence-electron chi connectivity index (χ0n) is 11.1. The molecule has 2 aromatic rings. The van der Waals surface area contributed by atoms with Crippen molar-refractivity contribution in [2.75, 3.05) is 4.72 Å². The molecule has 0 saturated heterocycles. The Morgan fingerprint density at radius 2 is 2.05 bits per heavy atom. The number of nitro groups is 1. The van der Waals surface area contributed by atoms with Gasteiger partial charge in [-0.25, -0.2) is 8.42 Å². The van der Waals surface area contributed by atoms with Crippen molar-refractivity contribution >= 4 is 37.5 Å². The number of aromatic nitrogens is 2. The fraction of sp³-hybridized carbons (Fsp3) is 0.182. The minimum absolute atomic E-state index is 0.224. The average molecular weight is 375 g/mol. The summed E-state index contributed by atoms with van der Waals surface area (Å²) in [5.41, 5.74) is 0.128. The molecule has 8 nitrogen and oxygen atoms in total. The van der Waals surface area contributed by atoms with Crippen LogP contribution < -0.4 is 4.72 Å². The van der Waals surface area contributed by atoms with Crippen molar-refractivity contribution in [3.63, 3.8) is 0 Å². The topological polar surface area (TPSA) is 107 Å². The van der Waals surface area contributed by atoms with Crippen LogP contribution in [0.4, 0.5) is 11.5 Å². The quantitative estimate of drug-likeness (QED) is 0.651. The lowest BCUT2D eigenvalue weighted by molar-refractivity contribution is -0.387. The highest BCUT2D eigenvalue weighted by molar-refractivity contribution is 9.10. The highest BCUT2D eigenvalue weighted by atomic mass is 79.9.